The number of carbonyl (C=O) groups is 1. The van der Waals surface area contributed by atoms with E-state index in [0.29, 0.717) is 17.6 Å². The quantitative estimate of drug-likeness (QED) is 0.520. The number of ketones is 1. The van der Waals surface area contributed by atoms with Gasteiger partial charge in [0.05, 0.1) is 5.60 Å². The summed E-state index contributed by atoms with van der Waals surface area (Å²) in [4.78, 5) is 11.4. The van der Waals surface area contributed by atoms with Crippen LogP contribution < -0.4 is 0 Å². The zero-order valence-corrected chi connectivity index (χ0v) is 6.67. The molecule has 4 bridgehead atoms. The first-order valence-corrected chi connectivity index (χ1v) is 4.40. The van der Waals surface area contributed by atoms with Gasteiger partial charge in [-0.1, -0.05) is 0 Å². The topological polar surface area (TPSA) is 26.3 Å². The number of rotatable bonds is 0. The summed E-state index contributed by atoms with van der Waals surface area (Å²) in [5.74, 6) is 1.43. The molecule has 60 valence electrons. The fourth-order valence-corrected chi connectivity index (χ4v) is 3.11. The maximum absolute atomic E-state index is 11.4. The minimum atomic E-state index is -0.0162. The predicted molar refractivity (Wildman–Crippen MR) is 39.1 cm³/mol. The fraction of sp³-hybridized carbons (Fsp3) is 0.889. The monoisotopic (exact) mass is 152 g/mol. The molecule has 0 amide bonds. The van der Waals surface area contributed by atoms with Gasteiger partial charge in [0.1, 0.15) is 6.10 Å². The van der Waals surface area contributed by atoms with Gasteiger partial charge in [-0.05, 0) is 32.1 Å². The Kier molecular flexibility index (Phi) is 0.861. The Labute approximate surface area is 65.9 Å². The highest BCUT2D eigenvalue weighted by Gasteiger charge is 2.60. The number of hydrogen-bond donors (Lipinski definition) is 0. The highest BCUT2D eigenvalue weighted by Crippen LogP contribution is 2.55. The Bertz CT molecular complexity index is 216. The van der Waals surface area contributed by atoms with Crippen LogP contribution in [0.4, 0.5) is 0 Å². The molecule has 2 heteroatoms. The fourth-order valence-electron chi connectivity index (χ4n) is 3.11. The molecule has 0 aromatic carbocycles. The average Bonchev–Trinajstić information content (AvgIpc) is 2.31. The van der Waals surface area contributed by atoms with Crippen LogP contribution in [0.5, 0.6) is 0 Å². The van der Waals surface area contributed by atoms with Gasteiger partial charge >= 0.3 is 0 Å². The van der Waals surface area contributed by atoms with Crippen LogP contribution in [0.1, 0.15) is 26.2 Å². The third kappa shape index (κ3) is 0.560. The van der Waals surface area contributed by atoms with Crippen molar-refractivity contribution in [3.63, 3.8) is 0 Å². The molecule has 4 atom stereocenters. The summed E-state index contributed by atoms with van der Waals surface area (Å²) in [5.41, 5.74) is 0.0866. The zero-order chi connectivity index (χ0) is 7.64. The third-order valence-electron chi connectivity index (χ3n) is 3.71. The van der Waals surface area contributed by atoms with Crippen LogP contribution in [0.2, 0.25) is 0 Å². The standard InChI is InChI=1S/C9H12O2/c1-9-4-5-2-6(9)3-7(11-9)8(5)10/h5-7H,2-4H2,1H3/t5-,6-,7-,9-/m1/s1. The van der Waals surface area contributed by atoms with Crippen LogP contribution in [-0.4, -0.2) is 17.5 Å². The van der Waals surface area contributed by atoms with E-state index in [9.17, 15) is 4.79 Å². The second-order valence-electron chi connectivity index (χ2n) is 4.39. The maximum atomic E-state index is 11.4. The number of hydrogen-bond acceptors (Lipinski definition) is 2. The molecular weight excluding hydrogens is 140 g/mol. The third-order valence-corrected chi connectivity index (χ3v) is 3.71. The van der Waals surface area contributed by atoms with Gasteiger partial charge in [0, 0.05) is 5.92 Å². The largest absolute Gasteiger partial charge is 0.364 e. The Hall–Kier alpha value is -0.370. The minimum Gasteiger partial charge on any atom is -0.364 e. The molecule has 0 aromatic heterocycles. The van der Waals surface area contributed by atoms with E-state index in [1.165, 1.54) is 0 Å². The predicted octanol–water partition coefficient (Wildman–Crippen LogP) is 1.14. The lowest BCUT2D eigenvalue weighted by Crippen LogP contribution is -2.37. The van der Waals surface area contributed by atoms with E-state index in [-0.39, 0.29) is 11.7 Å². The zero-order valence-electron chi connectivity index (χ0n) is 6.67. The average molecular weight is 152 g/mol. The molecule has 4 rings (SSSR count). The first-order valence-electron chi connectivity index (χ1n) is 4.40. The molecule has 2 heterocycles. The van der Waals surface area contributed by atoms with Gasteiger partial charge in [0.15, 0.2) is 5.78 Å². The van der Waals surface area contributed by atoms with Crippen LogP contribution in [-0.2, 0) is 9.53 Å². The molecule has 4 aliphatic rings. The van der Waals surface area contributed by atoms with E-state index in [2.05, 4.69) is 6.92 Å². The molecule has 4 fully saturated rings. The van der Waals surface area contributed by atoms with Gasteiger partial charge in [0.25, 0.3) is 0 Å². The molecule has 2 saturated heterocycles. The molecular formula is C9H12O2. The first kappa shape index (κ1) is 6.18. The van der Waals surface area contributed by atoms with E-state index in [1.54, 1.807) is 0 Å². The molecule has 2 nitrogen and oxygen atoms in total. The van der Waals surface area contributed by atoms with Crippen molar-refractivity contribution in [3.05, 3.63) is 0 Å². The second kappa shape index (κ2) is 1.53. The van der Waals surface area contributed by atoms with Crippen molar-refractivity contribution in [2.45, 2.75) is 37.9 Å². The van der Waals surface area contributed by atoms with Crippen molar-refractivity contribution in [2.75, 3.05) is 0 Å². The summed E-state index contributed by atoms with van der Waals surface area (Å²) in [7, 11) is 0. The van der Waals surface area contributed by atoms with Crippen molar-refractivity contribution in [1.82, 2.24) is 0 Å². The van der Waals surface area contributed by atoms with Gasteiger partial charge < -0.3 is 4.74 Å². The van der Waals surface area contributed by atoms with E-state index >= 15 is 0 Å². The number of Topliss-reactive ketones (excluding diaryl/α,β-unsaturated/α-hetero) is 1. The Morgan fingerprint density at radius 2 is 2.36 bits per heavy atom. The van der Waals surface area contributed by atoms with Crippen molar-refractivity contribution in [1.29, 1.82) is 0 Å². The van der Waals surface area contributed by atoms with Crippen molar-refractivity contribution < 1.29 is 9.53 Å². The van der Waals surface area contributed by atoms with Crippen molar-refractivity contribution in [2.24, 2.45) is 11.8 Å². The van der Waals surface area contributed by atoms with Crippen LogP contribution in [0.15, 0.2) is 0 Å². The molecule has 2 aliphatic carbocycles. The number of carbonyl (C=O) groups excluding carboxylic acids is 1. The minimum absolute atomic E-state index is 0.0162. The van der Waals surface area contributed by atoms with E-state index in [4.69, 9.17) is 4.74 Å². The lowest BCUT2D eigenvalue weighted by atomic mass is 9.86. The molecule has 0 radical (unpaired) electrons. The molecule has 0 N–H and O–H groups in total. The second-order valence-corrected chi connectivity index (χ2v) is 4.39. The molecule has 0 spiro atoms. The summed E-state index contributed by atoms with van der Waals surface area (Å²) in [6.07, 6.45) is 3.09. The Morgan fingerprint density at radius 1 is 1.55 bits per heavy atom. The molecule has 2 saturated carbocycles. The summed E-state index contributed by atoms with van der Waals surface area (Å²) >= 11 is 0. The Morgan fingerprint density at radius 3 is 3.00 bits per heavy atom. The highest BCUT2D eigenvalue weighted by molar-refractivity contribution is 5.88. The SMILES string of the molecule is C[C@@]12C[C@H]3C[C@@H]1C[C@@H](O2)C3=O. The Balaban J connectivity index is 2.08. The van der Waals surface area contributed by atoms with E-state index in [1.807, 2.05) is 0 Å². The maximum Gasteiger partial charge on any atom is 0.164 e. The summed E-state index contributed by atoms with van der Waals surface area (Å²) < 4.78 is 5.70. The molecule has 2 aliphatic heterocycles. The van der Waals surface area contributed by atoms with Gasteiger partial charge in [-0.2, -0.15) is 0 Å². The van der Waals surface area contributed by atoms with E-state index < -0.39 is 0 Å². The van der Waals surface area contributed by atoms with Gasteiger partial charge in [0.2, 0.25) is 0 Å². The van der Waals surface area contributed by atoms with Gasteiger partial charge in [-0.15, -0.1) is 0 Å². The summed E-state index contributed by atoms with van der Waals surface area (Å²) in [5, 5.41) is 0. The van der Waals surface area contributed by atoms with Crippen LogP contribution >= 0.6 is 0 Å². The summed E-state index contributed by atoms with van der Waals surface area (Å²) in [6.45, 7) is 2.17. The van der Waals surface area contributed by atoms with Gasteiger partial charge in [-0.3, -0.25) is 4.79 Å². The van der Waals surface area contributed by atoms with Gasteiger partial charge in [-0.25, -0.2) is 0 Å². The number of ether oxygens (including phenoxy) is 1. The highest BCUT2D eigenvalue weighted by atomic mass is 16.5. The molecule has 0 unspecified atom stereocenters. The van der Waals surface area contributed by atoms with Crippen LogP contribution in [0.3, 0.4) is 0 Å². The first-order chi connectivity index (χ1) is 5.19. The van der Waals surface area contributed by atoms with Crippen molar-refractivity contribution in [3.8, 4) is 0 Å². The van der Waals surface area contributed by atoms with Crippen molar-refractivity contribution >= 4 is 5.78 Å². The normalized spacial score (nSPS) is 59.4. The van der Waals surface area contributed by atoms with E-state index in [0.717, 1.165) is 19.3 Å². The molecule has 11 heavy (non-hydrogen) atoms. The lowest BCUT2D eigenvalue weighted by Gasteiger charge is -2.28. The van der Waals surface area contributed by atoms with Crippen LogP contribution in [0, 0.1) is 11.8 Å². The summed E-state index contributed by atoms with van der Waals surface area (Å²) in [6, 6.07) is 0. The van der Waals surface area contributed by atoms with Crippen LogP contribution in [0.25, 0.3) is 0 Å². The lowest BCUT2D eigenvalue weighted by molar-refractivity contribution is -0.146. The molecule has 0 aromatic rings. The smallest absolute Gasteiger partial charge is 0.164 e.